The van der Waals surface area contributed by atoms with E-state index in [4.69, 9.17) is 4.74 Å². The van der Waals surface area contributed by atoms with Gasteiger partial charge in [-0.25, -0.2) is 0 Å². The Morgan fingerprint density at radius 3 is 2.52 bits per heavy atom. The number of carbonyl (C=O) groups is 1. The van der Waals surface area contributed by atoms with Crippen LogP contribution in [0.4, 0.5) is 0 Å². The van der Waals surface area contributed by atoms with E-state index in [1.807, 2.05) is 44.2 Å². The summed E-state index contributed by atoms with van der Waals surface area (Å²) in [6.07, 6.45) is 3.15. The molecular weight excluding hydrogens is 368 g/mol. The van der Waals surface area contributed by atoms with E-state index in [9.17, 15) is 9.59 Å². The van der Waals surface area contributed by atoms with E-state index in [-0.39, 0.29) is 18.0 Å². The van der Waals surface area contributed by atoms with Crippen LogP contribution in [0.15, 0.2) is 53.6 Å². The molecule has 3 aromatic rings. The topological polar surface area (TPSA) is 80.2 Å². The molecule has 0 aliphatic rings. The number of aromatic amines is 1. The highest BCUT2D eigenvalue weighted by Gasteiger charge is 2.17. The lowest BCUT2D eigenvalue weighted by molar-refractivity contribution is 0.0826. The first-order valence-electron chi connectivity index (χ1n) is 9.58. The summed E-state index contributed by atoms with van der Waals surface area (Å²) in [6, 6.07) is 11.5. The van der Waals surface area contributed by atoms with Crippen LogP contribution in [0.5, 0.6) is 5.75 Å². The van der Waals surface area contributed by atoms with Crippen molar-refractivity contribution < 1.29 is 9.53 Å². The molecule has 0 spiro atoms. The van der Waals surface area contributed by atoms with Crippen molar-refractivity contribution in [1.29, 1.82) is 0 Å². The second-order valence-corrected chi connectivity index (χ2v) is 6.47. The maximum absolute atomic E-state index is 12.7. The summed E-state index contributed by atoms with van der Waals surface area (Å²) in [4.78, 5) is 26.4. The molecule has 1 N–H and O–H groups in total. The normalized spacial score (nSPS) is 10.1. The molecule has 0 saturated carbocycles. The molecule has 7 nitrogen and oxygen atoms in total. The molecular formula is C22H28N4O3. The van der Waals surface area contributed by atoms with E-state index >= 15 is 0 Å². The molecule has 0 unspecified atom stereocenters. The van der Waals surface area contributed by atoms with Crippen molar-refractivity contribution >= 4 is 5.91 Å². The third kappa shape index (κ3) is 5.34. The number of amides is 1. The number of benzene rings is 1. The molecule has 0 aliphatic carbocycles. The van der Waals surface area contributed by atoms with Gasteiger partial charge in [0, 0.05) is 20.3 Å². The van der Waals surface area contributed by atoms with E-state index < -0.39 is 0 Å². The molecule has 0 bridgehead atoms. The number of nitrogens with zero attached hydrogens (tertiary/aromatic N) is 3. The van der Waals surface area contributed by atoms with Crippen LogP contribution in [0.3, 0.4) is 0 Å². The third-order valence-corrected chi connectivity index (χ3v) is 4.28. The fourth-order valence-electron chi connectivity index (χ4n) is 2.72. The van der Waals surface area contributed by atoms with Crippen molar-refractivity contribution in [3.8, 4) is 5.75 Å². The van der Waals surface area contributed by atoms with Crippen molar-refractivity contribution in [1.82, 2.24) is 19.7 Å². The number of hydrogen-bond donors (Lipinski definition) is 1. The number of aromatic nitrogens is 3. The maximum atomic E-state index is 12.7. The van der Waals surface area contributed by atoms with Crippen LogP contribution in [-0.4, -0.2) is 39.7 Å². The highest BCUT2D eigenvalue weighted by Crippen LogP contribution is 2.16. The fourth-order valence-corrected chi connectivity index (χ4v) is 2.72. The minimum atomic E-state index is -0.168. The maximum Gasteiger partial charge on any atom is 0.257 e. The van der Waals surface area contributed by atoms with Crippen LogP contribution in [0.25, 0.3) is 0 Å². The number of hydrogen-bond acceptors (Lipinski definition) is 4. The lowest BCUT2D eigenvalue weighted by Gasteiger charge is -2.13. The van der Waals surface area contributed by atoms with Crippen LogP contribution >= 0.6 is 0 Å². The smallest absolute Gasteiger partial charge is 0.257 e. The summed E-state index contributed by atoms with van der Waals surface area (Å²) in [5.41, 5.74) is 2.43. The Bertz CT molecular complexity index is 991. The van der Waals surface area contributed by atoms with Crippen molar-refractivity contribution in [3.63, 3.8) is 0 Å². The summed E-state index contributed by atoms with van der Waals surface area (Å²) in [5, 5.41) is 6.75. The standard InChI is InChI=1S/C20H22N4O3.C2H6/c1-14-18(27-13-15-7-5-4-6-8-15)9-10-24(19(14)25)12-17-16(11-21-22-17)20(26)23(2)3;1-2/h4-11H,12-13H2,1-3H3,(H,21,22);1-2H3. The highest BCUT2D eigenvalue weighted by atomic mass is 16.5. The fraction of sp³-hybridized carbons (Fsp3) is 0.318. The van der Waals surface area contributed by atoms with Gasteiger partial charge >= 0.3 is 0 Å². The Kier molecular flexibility index (Phi) is 7.77. The minimum absolute atomic E-state index is 0.161. The zero-order valence-corrected chi connectivity index (χ0v) is 17.6. The van der Waals surface area contributed by atoms with E-state index in [0.29, 0.717) is 29.2 Å². The monoisotopic (exact) mass is 396 g/mol. The Balaban J connectivity index is 0.00000145. The SMILES string of the molecule is CC.Cc1c(OCc2ccccc2)ccn(Cc2[nH]ncc2C(=O)N(C)C)c1=O. The molecule has 3 rings (SSSR count). The molecule has 2 heterocycles. The molecule has 154 valence electrons. The van der Waals surface area contributed by atoms with Gasteiger partial charge in [0.2, 0.25) is 0 Å². The summed E-state index contributed by atoms with van der Waals surface area (Å²) >= 11 is 0. The first kappa shape index (κ1) is 21.9. The largest absolute Gasteiger partial charge is 0.488 e. The number of nitrogens with one attached hydrogen (secondary N) is 1. The second kappa shape index (κ2) is 10.3. The van der Waals surface area contributed by atoms with E-state index in [0.717, 1.165) is 5.56 Å². The van der Waals surface area contributed by atoms with Gasteiger partial charge < -0.3 is 14.2 Å². The van der Waals surface area contributed by atoms with Crippen LogP contribution in [-0.2, 0) is 13.2 Å². The molecule has 2 aromatic heterocycles. The summed E-state index contributed by atoms with van der Waals surface area (Å²) in [6.45, 7) is 6.36. The Morgan fingerprint density at radius 1 is 1.17 bits per heavy atom. The van der Waals surface area contributed by atoms with Crippen molar-refractivity contribution in [2.24, 2.45) is 0 Å². The molecule has 29 heavy (non-hydrogen) atoms. The molecule has 0 fully saturated rings. The highest BCUT2D eigenvalue weighted by molar-refractivity contribution is 5.94. The Labute approximate surface area is 170 Å². The van der Waals surface area contributed by atoms with Crippen LogP contribution in [0.2, 0.25) is 0 Å². The number of ether oxygens (including phenoxy) is 1. The van der Waals surface area contributed by atoms with Gasteiger partial charge in [0.15, 0.2) is 0 Å². The van der Waals surface area contributed by atoms with Crippen LogP contribution in [0, 0.1) is 6.92 Å². The molecule has 1 amide bonds. The van der Waals surface area contributed by atoms with Crippen LogP contribution < -0.4 is 10.3 Å². The average Bonchev–Trinajstić information content (AvgIpc) is 3.20. The third-order valence-electron chi connectivity index (χ3n) is 4.28. The van der Waals surface area contributed by atoms with E-state index in [1.54, 1.807) is 33.3 Å². The quantitative estimate of drug-likeness (QED) is 0.694. The van der Waals surface area contributed by atoms with Gasteiger partial charge in [-0.2, -0.15) is 5.10 Å². The number of carbonyl (C=O) groups excluding carboxylic acids is 1. The zero-order chi connectivity index (χ0) is 21.4. The van der Waals surface area contributed by atoms with Gasteiger partial charge in [0.05, 0.1) is 29.6 Å². The summed E-state index contributed by atoms with van der Waals surface area (Å²) < 4.78 is 7.33. The Hall–Kier alpha value is -3.35. The average molecular weight is 396 g/mol. The first-order valence-corrected chi connectivity index (χ1v) is 9.58. The predicted molar refractivity (Wildman–Crippen MR) is 113 cm³/mol. The molecule has 7 heteroatoms. The van der Waals surface area contributed by atoms with Gasteiger partial charge in [-0.15, -0.1) is 0 Å². The second-order valence-electron chi connectivity index (χ2n) is 6.47. The first-order chi connectivity index (χ1) is 14.0. The van der Waals surface area contributed by atoms with E-state index in [1.165, 1.54) is 15.7 Å². The molecule has 0 saturated heterocycles. The van der Waals surface area contributed by atoms with E-state index in [2.05, 4.69) is 10.2 Å². The van der Waals surface area contributed by atoms with Crippen molar-refractivity contribution in [2.75, 3.05) is 14.1 Å². The number of H-pyrrole nitrogens is 1. The van der Waals surface area contributed by atoms with Gasteiger partial charge in [-0.3, -0.25) is 14.7 Å². The number of pyridine rings is 1. The predicted octanol–water partition coefficient (Wildman–Crippen LogP) is 3.24. The Morgan fingerprint density at radius 2 is 1.86 bits per heavy atom. The summed E-state index contributed by atoms with van der Waals surface area (Å²) in [7, 11) is 3.35. The van der Waals surface area contributed by atoms with Gasteiger partial charge in [0.25, 0.3) is 11.5 Å². The molecule has 0 atom stereocenters. The number of rotatable bonds is 6. The molecule has 0 aliphatic heterocycles. The van der Waals surface area contributed by atoms with Gasteiger partial charge in [0.1, 0.15) is 12.4 Å². The summed E-state index contributed by atoms with van der Waals surface area (Å²) in [5.74, 6) is 0.389. The van der Waals surface area contributed by atoms with Crippen LogP contribution in [0.1, 0.15) is 41.0 Å². The van der Waals surface area contributed by atoms with Gasteiger partial charge in [-0.1, -0.05) is 44.2 Å². The van der Waals surface area contributed by atoms with Crippen molar-refractivity contribution in [2.45, 2.75) is 33.9 Å². The van der Waals surface area contributed by atoms with Gasteiger partial charge in [-0.05, 0) is 18.6 Å². The van der Waals surface area contributed by atoms with Crippen molar-refractivity contribution in [3.05, 3.63) is 81.5 Å². The lowest BCUT2D eigenvalue weighted by atomic mass is 10.2. The minimum Gasteiger partial charge on any atom is -0.488 e. The molecule has 0 radical (unpaired) electrons. The zero-order valence-electron chi connectivity index (χ0n) is 17.6. The molecule has 1 aromatic carbocycles. The lowest BCUT2D eigenvalue weighted by Crippen LogP contribution is -2.26.